The molecule has 1 aliphatic rings. The van der Waals surface area contributed by atoms with Gasteiger partial charge in [-0.1, -0.05) is 6.92 Å². The number of aryl methyl sites for hydroxylation is 1. The summed E-state index contributed by atoms with van der Waals surface area (Å²) in [7, 11) is 0. The van der Waals surface area contributed by atoms with Crippen LogP contribution in [0, 0.1) is 6.92 Å². The summed E-state index contributed by atoms with van der Waals surface area (Å²) < 4.78 is 12.0. The highest BCUT2D eigenvalue weighted by atomic mass is 32.1. The Kier molecular flexibility index (Phi) is 2.72. The van der Waals surface area contributed by atoms with Crippen LogP contribution in [0.3, 0.4) is 0 Å². The van der Waals surface area contributed by atoms with E-state index in [0.717, 1.165) is 33.1 Å². The topological polar surface area (TPSA) is 31.4 Å². The Balaban J connectivity index is 1.89. The Morgan fingerprint density at radius 2 is 2.05 bits per heavy atom. The van der Waals surface area contributed by atoms with E-state index in [9.17, 15) is 0 Å². The molecule has 0 saturated carbocycles. The molecule has 0 amide bonds. The van der Waals surface area contributed by atoms with Crippen molar-refractivity contribution in [3.63, 3.8) is 0 Å². The number of thiazole rings is 1. The molecule has 5 heteroatoms. The zero-order valence-corrected chi connectivity index (χ0v) is 12.9. The van der Waals surface area contributed by atoms with Gasteiger partial charge in [0.25, 0.3) is 0 Å². The van der Waals surface area contributed by atoms with E-state index in [0.29, 0.717) is 6.79 Å². The second-order valence-electron chi connectivity index (χ2n) is 4.73. The van der Waals surface area contributed by atoms with Crippen LogP contribution in [0.5, 0.6) is 11.5 Å². The molecule has 4 rings (SSSR count). The van der Waals surface area contributed by atoms with Gasteiger partial charge in [0.15, 0.2) is 11.5 Å². The lowest BCUT2D eigenvalue weighted by Gasteiger charge is -1.98. The van der Waals surface area contributed by atoms with Crippen LogP contribution in [0.25, 0.3) is 20.8 Å². The summed E-state index contributed by atoms with van der Waals surface area (Å²) in [5.41, 5.74) is 3.67. The first-order valence-corrected chi connectivity index (χ1v) is 8.23. The molecule has 0 N–H and O–H groups in total. The molecular weight excluding hydrogens is 290 g/mol. The third kappa shape index (κ3) is 1.73. The van der Waals surface area contributed by atoms with E-state index in [-0.39, 0.29) is 0 Å². The largest absolute Gasteiger partial charge is 0.454 e. The average Bonchev–Trinajstić information content (AvgIpc) is 3.12. The third-order valence-electron chi connectivity index (χ3n) is 3.57. The maximum absolute atomic E-state index is 5.43. The quantitative estimate of drug-likeness (QED) is 0.692. The normalized spacial score (nSPS) is 13.3. The molecule has 2 aromatic heterocycles. The second kappa shape index (κ2) is 4.46. The summed E-state index contributed by atoms with van der Waals surface area (Å²) in [6.07, 6.45) is 1.04. The van der Waals surface area contributed by atoms with Crippen LogP contribution in [0.4, 0.5) is 0 Å². The van der Waals surface area contributed by atoms with Gasteiger partial charge in [0.05, 0.1) is 10.2 Å². The number of thiophene rings is 1. The highest BCUT2D eigenvalue weighted by Gasteiger charge is 2.18. The predicted octanol–water partition coefficient (Wildman–Crippen LogP) is 4.62. The Hall–Kier alpha value is -1.59. The molecule has 0 bridgehead atoms. The monoisotopic (exact) mass is 303 g/mol. The lowest BCUT2D eigenvalue weighted by Crippen LogP contribution is -1.92. The van der Waals surface area contributed by atoms with Crippen LogP contribution in [-0.4, -0.2) is 11.8 Å². The van der Waals surface area contributed by atoms with E-state index < -0.39 is 0 Å². The molecule has 0 unspecified atom stereocenters. The Morgan fingerprint density at radius 3 is 2.85 bits per heavy atom. The number of nitrogens with zero attached hydrogens (tertiary/aromatic N) is 1. The van der Waals surface area contributed by atoms with Crippen LogP contribution in [0.1, 0.15) is 17.4 Å². The van der Waals surface area contributed by atoms with Crippen molar-refractivity contribution in [3.05, 3.63) is 28.0 Å². The van der Waals surface area contributed by atoms with Crippen molar-refractivity contribution >= 4 is 32.9 Å². The molecule has 0 aliphatic carbocycles. The van der Waals surface area contributed by atoms with Gasteiger partial charge in [-0.3, -0.25) is 0 Å². The minimum Gasteiger partial charge on any atom is -0.454 e. The van der Waals surface area contributed by atoms with Crippen molar-refractivity contribution < 1.29 is 9.47 Å². The maximum Gasteiger partial charge on any atom is 0.231 e. The van der Waals surface area contributed by atoms with Gasteiger partial charge in [-0.15, -0.1) is 22.7 Å². The first kappa shape index (κ1) is 12.2. The average molecular weight is 303 g/mol. The number of fused-ring (bicyclic) bond motifs is 2. The van der Waals surface area contributed by atoms with E-state index in [4.69, 9.17) is 14.5 Å². The van der Waals surface area contributed by atoms with Gasteiger partial charge in [0.2, 0.25) is 6.79 Å². The molecule has 1 aromatic carbocycles. The minimum absolute atomic E-state index is 0.309. The number of hydrogen-bond donors (Lipinski definition) is 0. The van der Waals surface area contributed by atoms with Crippen LogP contribution in [0.15, 0.2) is 17.5 Å². The van der Waals surface area contributed by atoms with Crippen molar-refractivity contribution in [3.8, 4) is 22.1 Å². The summed E-state index contributed by atoms with van der Waals surface area (Å²) in [4.78, 5) is 6.16. The van der Waals surface area contributed by atoms with Crippen LogP contribution in [0.2, 0.25) is 0 Å². The number of rotatable bonds is 2. The van der Waals surface area contributed by atoms with Crippen LogP contribution < -0.4 is 9.47 Å². The Bertz CT molecular complexity index is 763. The van der Waals surface area contributed by atoms with Gasteiger partial charge in [-0.2, -0.15) is 0 Å². The zero-order valence-electron chi connectivity index (χ0n) is 11.2. The van der Waals surface area contributed by atoms with Crippen molar-refractivity contribution in [1.29, 1.82) is 0 Å². The molecule has 0 radical (unpaired) electrons. The van der Waals surface area contributed by atoms with Crippen molar-refractivity contribution in [1.82, 2.24) is 4.98 Å². The lowest BCUT2D eigenvalue weighted by atomic mass is 10.1. The Labute approximate surface area is 124 Å². The summed E-state index contributed by atoms with van der Waals surface area (Å²) in [5, 5.41) is 3.30. The van der Waals surface area contributed by atoms with Gasteiger partial charge < -0.3 is 9.47 Å². The smallest absolute Gasteiger partial charge is 0.231 e. The number of aromatic nitrogens is 1. The maximum atomic E-state index is 5.43. The molecule has 1 aliphatic heterocycles. The molecule has 0 atom stereocenters. The second-order valence-corrected chi connectivity index (χ2v) is 6.84. The fourth-order valence-electron chi connectivity index (χ4n) is 2.53. The first-order chi connectivity index (χ1) is 9.76. The van der Waals surface area contributed by atoms with Crippen LogP contribution >= 0.6 is 22.7 Å². The summed E-state index contributed by atoms with van der Waals surface area (Å²) in [6, 6.07) is 4.01. The third-order valence-corrected chi connectivity index (χ3v) is 5.58. The van der Waals surface area contributed by atoms with Crippen molar-refractivity contribution in [2.24, 2.45) is 0 Å². The van der Waals surface area contributed by atoms with E-state index in [1.165, 1.54) is 16.0 Å². The highest BCUT2D eigenvalue weighted by molar-refractivity contribution is 7.22. The van der Waals surface area contributed by atoms with E-state index in [1.54, 1.807) is 22.7 Å². The molecule has 3 heterocycles. The molecule has 0 spiro atoms. The van der Waals surface area contributed by atoms with E-state index >= 15 is 0 Å². The van der Waals surface area contributed by atoms with Crippen molar-refractivity contribution in [2.45, 2.75) is 20.3 Å². The van der Waals surface area contributed by atoms with Crippen LogP contribution in [-0.2, 0) is 6.42 Å². The summed E-state index contributed by atoms with van der Waals surface area (Å²) in [5.74, 6) is 1.62. The molecule has 102 valence electrons. The minimum atomic E-state index is 0.309. The molecule has 0 fully saturated rings. The zero-order chi connectivity index (χ0) is 13.7. The van der Waals surface area contributed by atoms with Gasteiger partial charge in [-0.05, 0) is 18.9 Å². The van der Waals surface area contributed by atoms with E-state index in [2.05, 4.69) is 19.2 Å². The molecule has 3 aromatic rings. The summed E-state index contributed by atoms with van der Waals surface area (Å²) >= 11 is 3.52. The fourth-order valence-corrected chi connectivity index (χ4v) is 4.57. The van der Waals surface area contributed by atoms with Gasteiger partial charge in [-0.25, -0.2) is 4.98 Å². The Morgan fingerprint density at radius 1 is 1.25 bits per heavy atom. The lowest BCUT2D eigenvalue weighted by molar-refractivity contribution is 0.174. The molecule has 0 saturated heterocycles. The molecule has 20 heavy (non-hydrogen) atoms. The first-order valence-electron chi connectivity index (χ1n) is 6.53. The number of hydrogen-bond acceptors (Lipinski definition) is 5. The molecule has 3 nitrogen and oxygen atoms in total. The standard InChI is InChI=1S/C15H13NO2S2/c1-3-9-8(2)19-6-10(9)15-16-11-4-12-13(18-7-17-12)5-14(11)20-15/h4-6H,3,7H2,1-2H3. The number of benzene rings is 1. The SMILES string of the molecule is CCc1c(-c2nc3cc4c(cc3s2)OCO4)csc1C. The summed E-state index contributed by atoms with van der Waals surface area (Å²) in [6.45, 7) is 4.68. The van der Waals surface area contributed by atoms with Gasteiger partial charge in [0, 0.05) is 28.0 Å². The molecular formula is C15H13NO2S2. The van der Waals surface area contributed by atoms with Gasteiger partial charge >= 0.3 is 0 Å². The fraction of sp³-hybridized carbons (Fsp3) is 0.267. The van der Waals surface area contributed by atoms with Crippen molar-refractivity contribution in [2.75, 3.05) is 6.79 Å². The van der Waals surface area contributed by atoms with Gasteiger partial charge in [0.1, 0.15) is 5.01 Å². The highest BCUT2D eigenvalue weighted by Crippen LogP contribution is 2.41. The van der Waals surface area contributed by atoms with E-state index in [1.807, 2.05) is 12.1 Å². The number of ether oxygens (including phenoxy) is 2. The predicted molar refractivity (Wildman–Crippen MR) is 83.2 cm³/mol.